The molecule has 9 heteroatoms. The van der Waals surface area contributed by atoms with E-state index in [1.54, 1.807) is 20.2 Å². The summed E-state index contributed by atoms with van der Waals surface area (Å²) >= 11 is 0. The quantitative estimate of drug-likeness (QED) is 0.721. The van der Waals surface area contributed by atoms with Crippen molar-refractivity contribution in [3.05, 3.63) is 35.8 Å². The molecular formula is C16H24FN3O4S. The van der Waals surface area contributed by atoms with Crippen LogP contribution in [0, 0.1) is 5.82 Å². The molecule has 1 aromatic carbocycles. The number of nitrogens with one attached hydrogen (secondary N) is 1. The molecule has 7 nitrogen and oxygen atoms in total. The van der Waals surface area contributed by atoms with Crippen molar-refractivity contribution in [3.8, 4) is 0 Å². The van der Waals surface area contributed by atoms with E-state index in [-0.39, 0.29) is 18.0 Å². The van der Waals surface area contributed by atoms with E-state index in [1.165, 1.54) is 16.4 Å². The highest BCUT2D eigenvalue weighted by Gasteiger charge is 2.13. The highest BCUT2D eigenvalue weighted by molar-refractivity contribution is 7.89. The summed E-state index contributed by atoms with van der Waals surface area (Å²) in [6.07, 6.45) is 0.575. The number of carbonyl (C=O) groups is 1. The van der Waals surface area contributed by atoms with Gasteiger partial charge in [-0.3, -0.25) is 4.79 Å². The van der Waals surface area contributed by atoms with Crippen molar-refractivity contribution in [2.24, 2.45) is 0 Å². The van der Waals surface area contributed by atoms with Gasteiger partial charge in [-0.25, -0.2) is 17.1 Å². The Morgan fingerprint density at radius 3 is 2.48 bits per heavy atom. The van der Waals surface area contributed by atoms with Crippen molar-refractivity contribution in [2.45, 2.75) is 13.0 Å². The van der Waals surface area contributed by atoms with E-state index in [4.69, 9.17) is 9.90 Å². The van der Waals surface area contributed by atoms with Crippen LogP contribution in [0.5, 0.6) is 0 Å². The normalized spacial score (nSPS) is 11.6. The fraction of sp³-hybridized carbons (Fsp3) is 0.438. The Kier molecular flexibility index (Phi) is 8.01. The van der Waals surface area contributed by atoms with E-state index in [0.29, 0.717) is 19.5 Å². The lowest BCUT2D eigenvalue weighted by molar-refractivity contribution is -0.122. The number of H-pyrrole nitrogens is 1. The SMILES string of the molecule is CN(CCCS(=O)(=O)N(C)C)Cc1cc2cc(F)ccc2[nH]1.O=CO. The monoisotopic (exact) mass is 373 g/mol. The summed E-state index contributed by atoms with van der Waals surface area (Å²) in [7, 11) is 1.89. The number of carboxylic acid groups (broad SMARTS) is 1. The summed E-state index contributed by atoms with van der Waals surface area (Å²) in [5.41, 5.74) is 1.89. The average Bonchev–Trinajstić information content (AvgIpc) is 2.88. The molecule has 0 aliphatic carbocycles. The smallest absolute Gasteiger partial charge is 0.290 e. The Morgan fingerprint density at radius 2 is 1.88 bits per heavy atom. The Morgan fingerprint density at radius 1 is 1.24 bits per heavy atom. The van der Waals surface area contributed by atoms with Gasteiger partial charge in [-0.05, 0) is 44.3 Å². The van der Waals surface area contributed by atoms with Gasteiger partial charge >= 0.3 is 0 Å². The predicted octanol–water partition coefficient (Wildman–Crippen LogP) is 1.72. The molecule has 140 valence electrons. The lowest BCUT2D eigenvalue weighted by Crippen LogP contribution is -2.28. The second kappa shape index (κ2) is 9.50. The summed E-state index contributed by atoms with van der Waals surface area (Å²) in [5.74, 6) is -0.109. The molecule has 25 heavy (non-hydrogen) atoms. The highest BCUT2D eigenvalue weighted by atomic mass is 32.2. The van der Waals surface area contributed by atoms with Crippen LogP contribution in [0.15, 0.2) is 24.3 Å². The first-order chi connectivity index (χ1) is 11.7. The fourth-order valence-corrected chi connectivity index (χ4v) is 3.18. The second-order valence-corrected chi connectivity index (χ2v) is 8.12. The molecule has 2 aromatic rings. The van der Waals surface area contributed by atoms with E-state index >= 15 is 0 Å². The summed E-state index contributed by atoms with van der Waals surface area (Å²) < 4.78 is 37.8. The molecule has 1 heterocycles. The van der Waals surface area contributed by atoms with Gasteiger partial charge in [0.25, 0.3) is 6.47 Å². The van der Waals surface area contributed by atoms with Crippen molar-refractivity contribution >= 4 is 27.4 Å². The van der Waals surface area contributed by atoms with Crippen LogP contribution in [0.4, 0.5) is 4.39 Å². The lowest BCUT2D eigenvalue weighted by atomic mass is 10.2. The number of halogens is 1. The van der Waals surface area contributed by atoms with Gasteiger partial charge in [-0.1, -0.05) is 0 Å². The Balaban J connectivity index is 0.000000970. The number of nitrogens with zero attached hydrogens (tertiary/aromatic N) is 2. The molecule has 2 N–H and O–H groups in total. The molecule has 1 aromatic heterocycles. The Labute approximate surface area is 147 Å². The van der Waals surface area contributed by atoms with E-state index in [0.717, 1.165) is 16.6 Å². The van der Waals surface area contributed by atoms with Gasteiger partial charge in [0.05, 0.1) is 5.75 Å². The molecule has 0 atom stereocenters. The van der Waals surface area contributed by atoms with Gasteiger partial charge in [0.1, 0.15) is 5.82 Å². The van der Waals surface area contributed by atoms with Crippen LogP contribution >= 0.6 is 0 Å². The summed E-state index contributed by atoms with van der Waals surface area (Å²) in [6, 6.07) is 6.57. The zero-order chi connectivity index (χ0) is 19.0. The van der Waals surface area contributed by atoms with Crippen LogP contribution in [0.2, 0.25) is 0 Å². The van der Waals surface area contributed by atoms with Crippen molar-refractivity contribution in [1.29, 1.82) is 0 Å². The molecule has 0 spiro atoms. The maximum absolute atomic E-state index is 13.2. The number of rotatable bonds is 7. The van der Waals surface area contributed by atoms with Crippen LogP contribution in [-0.2, 0) is 21.4 Å². The minimum Gasteiger partial charge on any atom is -0.483 e. The van der Waals surface area contributed by atoms with Gasteiger partial charge in [0.2, 0.25) is 10.0 Å². The standard InChI is InChI=1S/C15H22FN3O2S.CH2O2/c1-18(2)22(20,21)8-4-7-19(3)11-14-10-12-9-13(16)5-6-15(12)17-14;2-1-3/h5-6,9-10,17H,4,7-8,11H2,1-3H3;1H,(H,2,3). The number of hydrogen-bond acceptors (Lipinski definition) is 4. The molecule has 0 saturated heterocycles. The van der Waals surface area contributed by atoms with Crippen molar-refractivity contribution < 1.29 is 22.7 Å². The average molecular weight is 373 g/mol. The third kappa shape index (κ3) is 6.81. The van der Waals surface area contributed by atoms with Crippen LogP contribution in [0.1, 0.15) is 12.1 Å². The zero-order valence-electron chi connectivity index (χ0n) is 14.6. The minimum absolute atomic E-state index is 0.141. The fourth-order valence-electron chi connectivity index (χ4n) is 2.32. The molecule has 0 unspecified atom stereocenters. The van der Waals surface area contributed by atoms with Gasteiger partial charge in [0, 0.05) is 37.2 Å². The van der Waals surface area contributed by atoms with Crippen LogP contribution < -0.4 is 0 Å². The number of benzene rings is 1. The summed E-state index contributed by atoms with van der Waals surface area (Å²) in [4.78, 5) is 13.7. The van der Waals surface area contributed by atoms with E-state index in [1.807, 2.05) is 18.0 Å². The van der Waals surface area contributed by atoms with E-state index in [9.17, 15) is 12.8 Å². The highest BCUT2D eigenvalue weighted by Crippen LogP contribution is 2.17. The van der Waals surface area contributed by atoms with Gasteiger partial charge < -0.3 is 15.0 Å². The first-order valence-corrected chi connectivity index (χ1v) is 9.24. The molecule has 0 aliphatic rings. The van der Waals surface area contributed by atoms with Crippen molar-refractivity contribution in [1.82, 2.24) is 14.2 Å². The maximum atomic E-state index is 13.2. The lowest BCUT2D eigenvalue weighted by Gasteiger charge is -2.16. The van der Waals surface area contributed by atoms with Crippen molar-refractivity contribution in [2.75, 3.05) is 33.4 Å². The molecule has 0 saturated carbocycles. The van der Waals surface area contributed by atoms with Crippen LogP contribution in [-0.4, -0.2) is 67.6 Å². The second-order valence-electron chi connectivity index (χ2n) is 5.82. The molecule has 0 aliphatic heterocycles. The number of aromatic nitrogens is 1. The van der Waals surface area contributed by atoms with Crippen molar-refractivity contribution in [3.63, 3.8) is 0 Å². The van der Waals surface area contributed by atoms with Gasteiger partial charge in [-0.15, -0.1) is 0 Å². The molecule has 2 rings (SSSR count). The predicted molar refractivity (Wildman–Crippen MR) is 95.4 cm³/mol. The summed E-state index contributed by atoms with van der Waals surface area (Å²) in [5, 5.41) is 7.73. The van der Waals surface area contributed by atoms with E-state index in [2.05, 4.69) is 4.98 Å². The Hall–Kier alpha value is -1.97. The van der Waals surface area contributed by atoms with E-state index < -0.39 is 10.0 Å². The first kappa shape index (κ1) is 21.1. The largest absolute Gasteiger partial charge is 0.483 e. The first-order valence-electron chi connectivity index (χ1n) is 7.63. The third-order valence-corrected chi connectivity index (χ3v) is 5.49. The maximum Gasteiger partial charge on any atom is 0.290 e. The molecule has 0 amide bonds. The number of sulfonamides is 1. The molecule has 0 radical (unpaired) electrons. The third-order valence-electron chi connectivity index (χ3n) is 3.58. The molecular weight excluding hydrogens is 349 g/mol. The number of hydrogen-bond donors (Lipinski definition) is 2. The summed E-state index contributed by atoms with van der Waals surface area (Å²) in [6.45, 7) is 1.09. The Bertz CT molecular complexity index is 790. The topological polar surface area (TPSA) is 93.7 Å². The minimum atomic E-state index is -3.13. The van der Waals surface area contributed by atoms with Crippen LogP contribution in [0.3, 0.4) is 0 Å². The molecule has 0 bridgehead atoms. The number of fused-ring (bicyclic) bond motifs is 1. The number of aromatic amines is 1. The van der Waals surface area contributed by atoms with Crippen LogP contribution in [0.25, 0.3) is 10.9 Å². The molecule has 0 fully saturated rings. The van der Waals surface area contributed by atoms with Gasteiger partial charge in [-0.2, -0.15) is 0 Å². The zero-order valence-corrected chi connectivity index (χ0v) is 15.4. The van der Waals surface area contributed by atoms with Gasteiger partial charge in [0.15, 0.2) is 0 Å².